The highest BCUT2D eigenvalue weighted by molar-refractivity contribution is 5.79. The normalized spacial score (nSPS) is 12.3. The summed E-state index contributed by atoms with van der Waals surface area (Å²) >= 11 is 0. The van der Waals surface area contributed by atoms with E-state index in [1.165, 1.54) is 51.4 Å². The van der Waals surface area contributed by atoms with Crippen LogP contribution in [-0.2, 0) is 14.3 Å². The number of carboxylic acids is 1. The summed E-state index contributed by atoms with van der Waals surface area (Å²) in [7, 11) is 3.47. The van der Waals surface area contributed by atoms with Gasteiger partial charge in [-0.05, 0) is 41.3 Å². The van der Waals surface area contributed by atoms with Crippen molar-refractivity contribution in [2.75, 3.05) is 20.7 Å². The molecule has 0 aliphatic heterocycles. The van der Waals surface area contributed by atoms with Crippen LogP contribution in [-0.4, -0.2) is 54.2 Å². The number of carbonyl (C=O) groups is 2. The zero-order chi connectivity index (χ0) is 21.3. The number of aliphatic carboxylic acids is 1. The lowest BCUT2D eigenvalue weighted by Gasteiger charge is -2.16. The van der Waals surface area contributed by atoms with E-state index in [1.54, 1.807) is 39.8 Å². The van der Waals surface area contributed by atoms with Crippen LogP contribution in [0.25, 0.3) is 0 Å². The van der Waals surface area contributed by atoms with E-state index in [0.717, 1.165) is 12.8 Å². The van der Waals surface area contributed by atoms with Crippen LogP contribution in [0.3, 0.4) is 0 Å². The Morgan fingerprint density at radius 1 is 0.963 bits per heavy atom. The fourth-order valence-electron chi connectivity index (χ4n) is 2.16. The molecule has 162 valence electrons. The van der Waals surface area contributed by atoms with Gasteiger partial charge >= 0.3 is 11.9 Å². The highest BCUT2D eigenvalue weighted by Crippen LogP contribution is 2.10. The van der Waals surface area contributed by atoms with Crippen LogP contribution in [0, 0.1) is 0 Å². The average molecular weight is 389 g/mol. The van der Waals surface area contributed by atoms with Crippen LogP contribution in [0.2, 0.25) is 0 Å². The van der Waals surface area contributed by atoms with Gasteiger partial charge in [-0.25, -0.2) is 0 Å². The maximum atomic E-state index is 11.4. The van der Waals surface area contributed by atoms with Gasteiger partial charge in [-0.15, -0.1) is 0 Å². The first kappa shape index (κ1) is 28.1. The Balaban J connectivity index is 0. The van der Waals surface area contributed by atoms with E-state index in [0.29, 0.717) is 6.61 Å². The van der Waals surface area contributed by atoms with Gasteiger partial charge in [-0.1, -0.05) is 64.7 Å². The number of rotatable bonds is 14. The van der Waals surface area contributed by atoms with Crippen LogP contribution < -0.4 is 5.73 Å². The number of carboxylic acid groups (broad SMARTS) is 1. The molecule has 0 aliphatic rings. The van der Waals surface area contributed by atoms with E-state index in [-0.39, 0.29) is 12.0 Å². The van der Waals surface area contributed by atoms with E-state index < -0.39 is 11.5 Å². The number of ether oxygens (including phenoxy) is 1. The minimum atomic E-state index is -0.863. The Bertz CT molecular complexity index is 379. The number of nitrogens with two attached hydrogens (primary N) is 1. The zero-order valence-electron chi connectivity index (χ0n) is 18.6. The number of hydrogen-bond acceptors (Lipinski definition) is 5. The molecule has 0 radical (unpaired) electrons. The molecule has 0 bridgehead atoms. The standard InChI is InChI=1S/C16H33NO2.C5H11NO2/c1-4-5-6-7-8-9-10-11-12-13-14-19-15(18)16(2,3)17;1-4(5(7)8)6(2)3/h4-14,17H2,1-3H3;4H,1-3H3,(H,7,8). The number of likely N-dealkylation sites (N-methyl/N-ethyl adjacent to an activating group) is 1. The van der Waals surface area contributed by atoms with Crippen molar-refractivity contribution in [2.45, 2.75) is 103 Å². The van der Waals surface area contributed by atoms with Crippen molar-refractivity contribution in [3.8, 4) is 0 Å². The Kier molecular flexibility index (Phi) is 17.7. The summed E-state index contributed by atoms with van der Waals surface area (Å²) in [6, 6.07) is -0.380. The maximum absolute atomic E-state index is 11.4. The summed E-state index contributed by atoms with van der Waals surface area (Å²) in [6.07, 6.45) is 12.8. The molecule has 27 heavy (non-hydrogen) atoms. The van der Waals surface area contributed by atoms with Crippen LogP contribution in [0.1, 0.15) is 91.9 Å². The molecule has 0 aliphatic carbocycles. The van der Waals surface area contributed by atoms with Crippen molar-refractivity contribution in [2.24, 2.45) is 5.73 Å². The molecule has 1 atom stereocenters. The van der Waals surface area contributed by atoms with Crippen molar-refractivity contribution in [3.05, 3.63) is 0 Å². The zero-order valence-corrected chi connectivity index (χ0v) is 18.6. The topological polar surface area (TPSA) is 92.9 Å². The lowest BCUT2D eigenvalue weighted by atomic mass is 10.1. The molecule has 0 spiro atoms. The van der Waals surface area contributed by atoms with Gasteiger partial charge in [0.15, 0.2) is 0 Å². The number of hydrogen-bond donors (Lipinski definition) is 2. The largest absolute Gasteiger partial charge is 0.480 e. The molecule has 0 saturated carbocycles. The molecule has 6 nitrogen and oxygen atoms in total. The van der Waals surface area contributed by atoms with Gasteiger partial charge in [-0.2, -0.15) is 0 Å². The minimum Gasteiger partial charge on any atom is -0.480 e. The SMILES string of the molecule is CC(C(=O)O)N(C)C.CCCCCCCCCCCCOC(=O)C(C)(C)N. The predicted molar refractivity (Wildman–Crippen MR) is 112 cm³/mol. The smallest absolute Gasteiger partial charge is 0.325 e. The van der Waals surface area contributed by atoms with E-state index in [4.69, 9.17) is 15.6 Å². The number of esters is 1. The van der Waals surface area contributed by atoms with E-state index in [9.17, 15) is 9.59 Å². The molecule has 0 aromatic rings. The van der Waals surface area contributed by atoms with Gasteiger partial charge in [0.25, 0.3) is 0 Å². The Morgan fingerprint density at radius 3 is 1.67 bits per heavy atom. The van der Waals surface area contributed by atoms with E-state index >= 15 is 0 Å². The fraction of sp³-hybridized carbons (Fsp3) is 0.905. The summed E-state index contributed by atoms with van der Waals surface area (Å²) in [5.41, 5.74) is 4.77. The molecule has 0 fully saturated rings. The Labute approximate surface area is 166 Å². The molecule has 0 rings (SSSR count). The molecule has 1 unspecified atom stereocenters. The first-order valence-electron chi connectivity index (χ1n) is 10.4. The first-order valence-corrected chi connectivity index (χ1v) is 10.4. The van der Waals surface area contributed by atoms with E-state index in [2.05, 4.69) is 6.92 Å². The average Bonchev–Trinajstić information content (AvgIpc) is 2.58. The summed E-state index contributed by atoms with van der Waals surface area (Å²) in [5, 5.41) is 8.31. The lowest BCUT2D eigenvalue weighted by Crippen LogP contribution is -2.42. The molecule has 0 saturated heterocycles. The van der Waals surface area contributed by atoms with Gasteiger partial charge < -0.3 is 15.6 Å². The molecule has 3 N–H and O–H groups in total. The molecule has 0 amide bonds. The Hall–Kier alpha value is -1.14. The van der Waals surface area contributed by atoms with Crippen molar-refractivity contribution < 1.29 is 19.4 Å². The minimum absolute atomic E-state index is 0.302. The molecule has 0 heterocycles. The van der Waals surface area contributed by atoms with Crippen molar-refractivity contribution >= 4 is 11.9 Å². The van der Waals surface area contributed by atoms with Crippen molar-refractivity contribution in [1.82, 2.24) is 4.90 Å². The van der Waals surface area contributed by atoms with Crippen LogP contribution in [0.4, 0.5) is 0 Å². The highest BCUT2D eigenvalue weighted by atomic mass is 16.5. The second-order valence-electron chi connectivity index (χ2n) is 8.02. The molecular weight excluding hydrogens is 344 g/mol. The van der Waals surface area contributed by atoms with Crippen LogP contribution in [0.15, 0.2) is 0 Å². The number of carbonyl (C=O) groups excluding carboxylic acids is 1. The highest BCUT2D eigenvalue weighted by Gasteiger charge is 2.23. The molecular formula is C21H44N2O4. The van der Waals surface area contributed by atoms with Crippen LogP contribution >= 0.6 is 0 Å². The third-order valence-electron chi connectivity index (χ3n) is 4.39. The Morgan fingerprint density at radius 2 is 1.37 bits per heavy atom. The molecule has 0 aromatic heterocycles. The third kappa shape index (κ3) is 19.4. The second kappa shape index (κ2) is 17.0. The summed E-state index contributed by atoms with van der Waals surface area (Å²) in [4.78, 5) is 23.1. The van der Waals surface area contributed by atoms with E-state index in [1.807, 2.05) is 0 Å². The van der Waals surface area contributed by atoms with Gasteiger partial charge in [0.2, 0.25) is 0 Å². The van der Waals surface area contributed by atoms with Gasteiger partial charge in [0, 0.05) is 0 Å². The molecule has 0 aromatic carbocycles. The maximum Gasteiger partial charge on any atom is 0.325 e. The monoisotopic (exact) mass is 388 g/mol. The van der Waals surface area contributed by atoms with Crippen molar-refractivity contribution in [3.63, 3.8) is 0 Å². The summed E-state index contributed by atoms with van der Waals surface area (Å²) in [5.74, 6) is -1.08. The van der Waals surface area contributed by atoms with Crippen LogP contribution in [0.5, 0.6) is 0 Å². The van der Waals surface area contributed by atoms with Gasteiger partial charge in [-0.3, -0.25) is 14.5 Å². The number of nitrogens with zero attached hydrogens (tertiary/aromatic N) is 1. The predicted octanol–water partition coefficient (Wildman–Crippen LogP) is 4.21. The third-order valence-corrected chi connectivity index (χ3v) is 4.39. The lowest BCUT2D eigenvalue weighted by molar-refractivity contribution is -0.149. The quantitative estimate of drug-likeness (QED) is 0.342. The summed E-state index contributed by atoms with van der Waals surface area (Å²) < 4.78 is 5.11. The van der Waals surface area contributed by atoms with Gasteiger partial charge in [0.1, 0.15) is 11.6 Å². The number of unbranched alkanes of at least 4 members (excludes halogenated alkanes) is 9. The summed E-state index contributed by atoms with van der Waals surface area (Å²) in [6.45, 7) is 7.75. The van der Waals surface area contributed by atoms with Gasteiger partial charge in [0.05, 0.1) is 6.61 Å². The molecule has 6 heteroatoms. The first-order chi connectivity index (χ1) is 12.5. The van der Waals surface area contributed by atoms with Crippen molar-refractivity contribution in [1.29, 1.82) is 0 Å². The fourth-order valence-corrected chi connectivity index (χ4v) is 2.16. The second-order valence-corrected chi connectivity index (χ2v) is 8.02.